The molecular formula is C14H22N2O3. The van der Waals surface area contributed by atoms with Crippen molar-refractivity contribution < 1.29 is 15.0 Å². The molecule has 1 heterocycles. The van der Waals surface area contributed by atoms with Crippen molar-refractivity contribution in [2.75, 3.05) is 0 Å². The Balaban J connectivity index is 2.40. The van der Waals surface area contributed by atoms with E-state index in [0.29, 0.717) is 0 Å². The van der Waals surface area contributed by atoms with Crippen molar-refractivity contribution in [2.24, 2.45) is 0 Å². The zero-order chi connectivity index (χ0) is 14.0. The van der Waals surface area contributed by atoms with Crippen LogP contribution in [0.4, 0.5) is 0 Å². The van der Waals surface area contributed by atoms with E-state index in [1.807, 2.05) is 13.8 Å². The first-order chi connectivity index (χ1) is 9.02. The number of nitrogens with zero attached hydrogens (tertiary/aromatic N) is 2. The molecule has 1 saturated carbocycles. The van der Waals surface area contributed by atoms with Crippen molar-refractivity contribution in [3.05, 3.63) is 17.5 Å². The van der Waals surface area contributed by atoms with Gasteiger partial charge in [-0.3, -0.25) is 4.68 Å². The summed E-state index contributed by atoms with van der Waals surface area (Å²) in [6, 6.07) is -0.0898. The fourth-order valence-corrected chi connectivity index (χ4v) is 2.93. The van der Waals surface area contributed by atoms with E-state index in [9.17, 15) is 15.0 Å². The molecule has 0 spiro atoms. The normalized spacial score (nSPS) is 24.4. The van der Waals surface area contributed by atoms with Crippen LogP contribution in [0.3, 0.4) is 0 Å². The Morgan fingerprint density at radius 1 is 1.37 bits per heavy atom. The van der Waals surface area contributed by atoms with Crippen molar-refractivity contribution in [3.63, 3.8) is 0 Å². The number of aliphatic hydroxyl groups is 1. The maximum Gasteiger partial charge on any atom is 0.339 e. The molecule has 0 saturated heterocycles. The fourth-order valence-electron chi connectivity index (χ4n) is 2.93. The Morgan fingerprint density at radius 2 is 2.05 bits per heavy atom. The van der Waals surface area contributed by atoms with Crippen LogP contribution in [-0.4, -0.2) is 32.1 Å². The molecule has 0 radical (unpaired) electrons. The van der Waals surface area contributed by atoms with E-state index in [1.54, 1.807) is 4.68 Å². The molecule has 0 aliphatic heterocycles. The smallest absolute Gasteiger partial charge is 0.339 e. The van der Waals surface area contributed by atoms with Crippen molar-refractivity contribution in [1.29, 1.82) is 0 Å². The number of hydrogen-bond donors (Lipinski definition) is 2. The van der Waals surface area contributed by atoms with Gasteiger partial charge >= 0.3 is 5.97 Å². The Morgan fingerprint density at radius 3 is 2.68 bits per heavy atom. The monoisotopic (exact) mass is 266 g/mol. The summed E-state index contributed by atoms with van der Waals surface area (Å²) in [6.07, 6.45) is 5.82. The van der Waals surface area contributed by atoms with Gasteiger partial charge in [0.1, 0.15) is 5.56 Å². The summed E-state index contributed by atoms with van der Waals surface area (Å²) in [5.74, 6) is -0.873. The average molecular weight is 266 g/mol. The minimum atomic E-state index is -0.946. The average Bonchev–Trinajstić information content (AvgIpc) is 2.67. The molecule has 0 bridgehead atoms. The van der Waals surface area contributed by atoms with Crippen LogP contribution in [0.5, 0.6) is 0 Å². The van der Waals surface area contributed by atoms with Gasteiger partial charge in [-0.2, -0.15) is 5.10 Å². The molecule has 1 fully saturated rings. The predicted molar refractivity (Wildman–Crippen MR) is 71.4 cm³/mol. The molecule has 106 valence electrons. The minimum Gasteiger partial charge on any atom is -0.478 e. The van der Waals surface area contributed by atoms with Gasteiger partial charge in [0, 0.05) is 0 Å². The first-order valence-electron chi connectivity index (χ1n) is 7.01. The largest absolute Gasteiger partial charge is 0.478 e. The van der Waals surface area contributed by atoms with Crippen LogP contribution in [0.15, 0.2) is 6.20 Å². The van der Waals surface area contributed by atoms with Crippen LogP contribution in [-0.2, 0) is 0 Å². The first kappa shape index (κ1) is 14.1. The van der Waals surface area contributed by atoms with Crippen molar-refractivity contribution >= 4 is 5.97 Å². The number of carboxylic acids is 1. The number of carbonyl (C=O) groups is 1. The van der Waals surface area contributed by atoms with Crippen LogP contribution in [0.2, 0.25) is 0 Å². The third-order valence-corrected chi connectivity index (χ3v) is 3.87. The Hall–Kier alpha value is -1.36. The van der Waals surface area contributed by atoms with Crippen molar-refractivity contribution in [1.82, 2.24) is 9.78 Å². The van der Waals surface area contributed by atoms with Gasteiger partial charge in [-0.05, 0) is 18.8 Å². The number of carboxylic acid groups (broad SMARTS) is 1. The third-order valence-electron chi connectivity index (χ3n) is 3.87. The second-order valence-corrected chi connectivity index (χ2v) is 5.62. The fraction of sp³-hybridized carbons (Fsp3) is 0.714. The van der Waals surface area contributed by atoms with Gasteiger partial charge in [-0.15, -0.1) is 0 Å². The summed E-state index contributed by atoms with van der Waals surface area (Å²) in [7, 11) is 0. The summed E-state index contributed by atoms with van der Waals surface area (Å²) >= 11 is 0. The third kappa shape index (κ3) is 2.81. The summed E-state index contributed by atoms with van der Waals surface area (Å²) in [6.45, 7) is 3.92. The molecule has 2 N–H and O–H groups in total. The molecule has 2 unspecified atom stereocenters. The lowest BCUT2D eigenvalue weighted by Gasteiger charge is -2.24. The number of aromatic carboxylic acids is 1. The number of hydrogen-bond acceptors (Lipinski definition) is 3. The second kappa shape index (κ2) is 5.74. The topological polar surface area (TPSA) is 75.3 Å². The van der Waals surface area contributed by atoms with Crippen LogP contribution in [0.25, 0.3) is 0 Å². The van der Waals surface area contributed by atoms with Crippen molar-refractivity contribution in [3.8, 4) is 0 Å². The highest BCUT2D eigenvalue weighted by Gasteiger charge is 2.29. The van der Waals surface area contributed by atoms with E-state index in [4.69, 9.17) is 0 Å². The lowest BCUT2D eigenvalue weighted by molar-refractivity contribution is 0.0692. The van der Waals surface area contributed by atoms with E-state index in [0.717, 1.165) is 37.8 Å². The van der Waals surface area contributed by atoms with Gasteiger partial charge < -0.3 is 10.2 Å². The maximum atomic E-state index is 11.3. The zero-order valence-electron chi connectivity index (χ0n) is 11.5. The molecule has 0 amide bonds. The predicted octanol–water partition coefficient (Wildman–Crippen LogP) is 2.57. The standard InChI is InChI=1S/C14H22N2O3/c1-9(2)13-10(14(18)19)8-15-16(13)11-6-4-3-5-7-12(11)17/h8-9,11-12,17H,3-7H2,1-2H3,(H,18,19). The van der Waals surface area contributed by atoms with Crippen LogP contribution < -0.4 is 0 Å². The second-order valence-electron chi connectivity index (χ2n) is 5.62. The maximum absolute atomic E-state index is 11.3. The van der Waals surface area contributed by atoms with Gasteiger partial charge in [0.25, 0.3) is 0 Å². The zero-order valence-corrected chi connectivity index (χ0v) is 11.5. The van der Waals surface area contributed by atoms with Gasteiger partial charge in [-0.1, -0.05) is 33.1 Å². The molecule has 2 atom stereocenters. The Bertz CT molecular complexity index is 454. The van der Waals surface area contributed by atoms with Gasteiger partial charge in [0.2, 0.25) is 0 Å². The lowest BCUT2D eigenvalue weighted by atomic mass is 10.0. The lowest BCUT2D eigenvalue weighted by Crippen LogP contribution is -2.26. The summed E-state index contributed by atoms with van der Waals surface area (Å²) < 4.78 is 1.75. The molecule has 1 aromatic heterocycles. The SMILES string of the molecule is CC(C)c1c(C(=O)O)cnn1C1CCCCCC1O. The quantitative estimate of drug-likeness (QED) is 0.824. The highest BCUT2D eigenvalue weighted by molar-refractivity contribution is 5.88. The molecular weight excluding hydrogens is 244 g/mol. The van der Waals surface area contributed by atoms with E-state index in [1.165, 1.54) is 6.20 Å². The van der Waals surface area contributed by atoms with E-state index >= 15 is 0 Å². The first-order valence-corrected chi connectivity index (χ1v) is 7.01. The molecule has 1 aromatic rings. The molecule has 5 heteroatoms. The van der Waals surface area contributed by atoms with E-state index in [2.05, 4.69) is 5.10 Å². The Kier molecular flexibility index (Phi) is 4.24. The molecule has 0 aromatic carbocycles. The summed E-state index contributed by atoms with van der Waals surface area (Å²) in [4.78, 5) is 11.3. The number of aliphatic hydroxyl groups excluding tert-OH is 1. The van der Waals surface area contributed by atoms with Gasteiger partial charge in [0.15, 0.2) is 0 Å². The van der Waals surface area contributed by atoms with Crippen LogP contribution >= 0.6 is 0 Å². The van der Waals surface area contributed by atoms with Crippen LogP contribution in [0, 0.1) is 0 Å². The van der Waals surface area contributed by atoms with E-state index < -0.39 is 12.1 Å². The molecule has 1 aliphatic carbocycles. The number of rotatable bonds is 3. The molecule has 2 rings (SSSR count). The highest BCUT2D eigenvalue weighted by Crippen LogP contribution is 2.31. The molecule has 5 nitrogen and oxygen atoms in total. The minimum absolute atomic E-state index is 0.0732. The summed E-state index contributed by atoms with van der Waals surface area (Å²) in [5.41, 5.74) is 0.977. The number of aromatic nitrogens is 2. The van der Waals surface area contributed by atoms with E-state index in [-0.39, 0.29) is 17.5 Å². The molecule has 19 heavy (non-hydrogen) atoms. The molecule has 1 aliphatic rings. The van der Waals surface area contributed by atoms with Crippen molar-refractivity contribution in [2.45, 2.75) is 64.0 Å². The summed E-state index contributed by atoms with van der Waals surface area (Å²) in [5, 5.41) is 23.7. The van der Waals surface area contributed by atoms with Gasteiger partial charge in [0.05, 0.1) is 24.0 Å². The Labute approximate surface area is 113 Å². The van der Waals surface area contributed by atoms with Crippen LogP contribution in [0.1, 0.15) is 74.0 Å². The van der Waals surface area contributed by atoms with Gasteiger partial charge in [-0.25, -0.2) is 4.79 Å². The highest BCUT2D eigenvalue weighted by atomic mass is 16.4.